The van der Waals surface area contributed by atoms with E-state index in [2.05, 4.69) is 10.6 Å². The minimum absolute atomic E-state index is 0.0991. The molecule has 1 fully saturated rings. The highest BCUT2D eigenvalue weighted by atomic mass is 19.1. The molecule has 1 aliphatic heterocycles. The van der Waals surface area contributed by atoms with Crippen molar-refractivity contribution in [3.63, 3.8) is 0 Å². The summed E-state index contributed by atoms with van der Waals surface area (Å²) >= 11 is 0. The fourth-order valence-electron chi connectivity index (χ4n) is 1.91. The zero-order valence-electron chi connectivity index (χ0n) is 8.96. The number of anilines is 1. The molecule has 6 heteroatoms. The number of halogens is 2. The molecule has 1 aromatic carbocycles. The zero-order valence-corrected chi connectivity index (χ0v) is 8.96. The minimum atomic E-state index is -0.948. The Bertz CT molecular complexity index is 427. The van der Waals surface area contributed by atoms with Gasteiger partial charge in [-0.05, 0) is 12.1 Å². The van der Waals surface area contributed by atoms with Gasteiger partial charge in [-0.2, -0.15) is 0 Å². The van der Waals surface area contributed by atoms with Crippen molar-refractivity contribution in [2.45, 2.75) is 12.0 Å². The standard InChI is InChI=1S/C11H12F2N2O2/c12-7-1-8(13)3-9(2-7)15-11(4-10(16)17)5-14-6-11/h1-3,14-15H,4-6H2,(H,16,17). The van der Waals surface area contributed by atoms with Gasteiger partial charge in [0, 0.05) is 24.8 Å². The Morgan fingerprint density at radius 2 is 1.94 bits per heavy atom. The van der Waals surface area contributed by atoms with E-state index in [9.17, 15) is 13.6 Å². The molecule has 0 spiro atoms. The van der Waals surface area contributed by atoms with Gasteiger partial charge in [0.2, 0.25) is 0 Å². The summed E-state index contributed by atoms with van der Waals surface area (Å²) in [6.07, 6.45) is -0.0991. The van der Waals surface area contributed by atoms with Gasteiger partial charge in [0.1, 0.15) is 11.6 Å². The number of hydrogen-bond acceptors (Lipinski definition) is 3. The predicted octanol–water partition coefficient (Wildman–Crippen LogP) is 1.19. The number of rotatable bonds is 4. The summed E-state index contributed by atoms with van der Waals surface area (Å²) in [4.78, 5) is 10.7. The fourth-order valence-corrected chi connectivity index (χ4v) is 1.91. The largest absolute Gasteiger partial charge is 0.481 e. The average Bonchev–Trinajstić information content (AvgIpc) is 2.11. The van der Waals surface area contributed by atoms with Gasteiger partial charge in [-0.15, -0.1) is 0 Å². The highest BCUT2D eigenvalue weighted by Gasteiger charge is 2.39. The van der Waals surface area contributed by atoms with Gasteiger partial charge in [0.25, 0.3) is 0 Å². The lowest BCUT2D eigenvalue weighted by atomic mass is 9.88. The number of carboxylic acids is 1. The van der Waals surface area contributed by atoms with Crippen LogP contribution in [0.2, 0.25) is 0 Å². The van der Waals surface area contributed by atoms with E-state index in [-0.39, 0.29) is 12.1 Å². The first-order valence-electron chi connectivity index (χ1n) is 5.16. The first-order chi connectivity index (χ1) is 7.99. The van der Waals surface area contributed by atoms with Crippen LogP contribution in [-0.4, -0.2) is 29.7 Å². The lowest BCUT2D eigenvalue weighted by Crippen LogP contribution is -2.65. The van der Waals surface area contributed by atoms with Crippen molar-refractivity contribution in [2.24, 2.45) is 0 Å². The fraction of sp³-hybridized carbons (Fsp3) is 0.364. The third-order valence-electron chi connectivity index (χ3n) is 2.69. The molecule has 1 saturated heterocycles. The molecule has 3 N–H and O–H groups in total. The number of carboxylic acid groups (broad SMARTS) is 1. The van der Waals surface area contributed by atoms with Gasteiger partial charge in [0.05, 0.1) is 12.0 Å². The van der Waals surface area contributed by atoms with E-state index in [1.165, 1.54) is 0 Å². The number of carbonyl (C=O) groups is 1. The van der Waals surface area contributed by atoms with Crippen LogP contribution >= 0.6 is 0 Å². The Morgan fingerprint density at radius 1 is 1.35 bits per heavy atom. The van der Waals surface area contributed by atoms with Gasteiger partial charge in [-0.25, -0.2) is 8.78 Å². The Hall–Kier alpha value is -1.69. The molecule has 2 rings (SSSR count). The normalized spacial score (nSPS) is 17.3. The zero-order chi connectivity index (χ0) is 12.5. The maximum absolute atomic E-state index is 13.0. The Balaban J connectivity index is 2.15. The topological polar surface area (TPSA) is 61.4 Å². The monoisotopic (exact) mass is 242 g/mol. The lowest BCUT2D eigenvalue weighted by Gasteiger charge is -2.43. The smallest absolute Gasteiger partial charge is 0.305 e. The molecule has 17 heavy (non-hydrogen) atoms. The van der Waals surface area contributed by atoms with E-state index in [1.807, 2.05) is 0 Å². The third kappa shape index (κ3) is 2.71. The number of hydrogen-bond donors (Lipinski definition) is 3. The van der Waals surface area contributed by atoms with Crippen LogP contribution in [0.4, 0.5) is 14.5 Å². The second kappa shape index (κ2) is 4.29. The Labute approximate surface area is 96.6 Å². The molecule has 0 radical (unpaired) electrons. The second-order valence-corrected chi connectivity index (χ2v) is 4.24. The van der Waals surface area contributed by atoms with Crippen LogP contribution in [0.3, 0.4) is 0 Å². The molecule has 0 aromatic heterocycles. The summed E-state index contributed by atoms with van der Waals surface area (Å²) in [6.45, 7) is 0.912. The molecular weight excluding hydrogens is 230 g/mol. The molecule has 0 saturated carbocycles. The van der Waals surface area contributed by atoms with Crippen molar-refractivity contribution >= 4 is 11.7 Å². The molecule has 0 amide bonds. The van der Waals surface area contributed by atoms with Crippen LogP contribution in [0.1, 0.15) is 6.42 Å². The van der Waals surface area contributed by atoms with E-state index < -0.39 is 23.1 Å². The van der Waals surface area contributed by atoms with E-state index >= 15 is 0 Å². The SMILES string of the molecule is O=C(O)CC1(Nc2cc(F)cc(F)c2)CNC1. The second-order valence-electron chi connectivity index (χ2n) is 4.24. The Kier molecular flexibility index (Phi) is 2.97. The molecule has 0 aliphatic carbocycles. The van der Waals surface area contributed by atoms with Gasteiger partial charge >= 0.3 is 5.97 Å². The maximum Gasteiger partial charge on any atom is 0.305 e. The van der Waals surface area contributed by atoms with Crippen molar-refractivity contribution in [1.29, 1.82) is 0 Å². The average molecular weight is 242 g/mol. The summed E-state index contributed by atoms with van der Waals surface area (Å²) in [6, 6.07) is 3.06. The molecule has 92 valence electrons. The van der Waals surface area contributed by atoms with Crippen molar-refractivity contribution in [1.82, 2.24) is 5.32 Å². The first-order valence-corrected chi connectivity index (χ1v) is 5.16. The number of aliphatic carboxylic acids is 1. The summed E-state index contributed by atoms with van der Waals surface area (Å²) in [7, 11) is 0. The summed E-state index contributed by atoms with van der Waals surface area (Å²) in [5.41, 5.74) is -0.406. The van der Waals surface area contributed by atoms with Crippen molar-refractivity contribution in [3.05, 3.63) is 29.8 Å². The molecule has 4 nitrogen and oxygen atoms in total. The van der Waals surface area contributed by atoms with Crippen molar-refractivity contribution < 1.29 is 18.7 Å². The first kappa shape index (κ1) is 11.8. The molecule has 0 bridgehead atoms. The lowest BCUT2D eigenvalue weighted by molar-refractivity contribution is -0.138. The number of nitrogens with one attached hydrogen (secondary N) is 2. The van der Waals surface area contributed by atoms with E-state index in [1.54, 1.807) is 0 Å². The molecule has 1 heterocycles. The van der Waals surface area contributed by atoms with Gasteiger partial charge in [0.15, 0.2) is 0 Å². The van der Waals surface area contributed by atoms with E-state index in [4.69, 9.17) is 5.11 Å². The van der Waals surface area contributed by atoms with Crippen LogP contribution in [-0.2, 0) is 4.79 Å². The maximum atomic E-state index is 13.0. The van der Waals surface area contributed by atoms with E-state index in [0.29, 0.717) is 13.1 Å². The third-order valence-corrected chi connectivity index (χ3v) is 2.69. The quantitative estimate of drug-likeness (QED) is 0.742. The molecular formula is C11H12F2N2O2. The van der Waals surface area contributed by atoms with E-state index in [0.717, 1.165) is 18.2 Å². The van der Waals surface area contributed by atoms with Crippen molar-refractivity contribution in [2.75, 3.05) is 18.4 Å². The van der Waals surface area contributed by atoms with Crippen LogP contribution in [0, 0.1) is 11.6 Å². The molecule has 0 atom stereocenters. The van der Waals surface area contributed by atoms with Gasteiger partial charge in [-0.3, -0.25) is 4.79 Å². The van der Waals surface area contributed by atoms with Gasteiger partial charge < -0.3 is 15.7 Å². The number of benzene rings is 1. The van der Waals surface area contributed by atoms with Crippen LogP contribution < -0.4 is 10.6 Å². The highest BCUT2D eigenvalue weighted by molar-refractivity contribution is 5.70. The van der Waals surface area contributed by atoms with Crippen LogP contribution in [0.5, 0.6) is 0 Å². The molecule has 1 aliphatic rings. The van der Waals surface area contributed by atoms with Crippen LogP contribution in [0.25, 0.3) is 0 Å². The van der Waals surface area contributed by atoms with Gasteiger partial charge in [-0.1, -0.05) is 0 Å². The minimum Gasteiger partial charge on any atom is -0.481 e. The molecule has 0 unspecified atom stereocenters. The summed E-state index contributed by atoms with van der Waals surface area (Å²) in [5, 5.41) is 14.6. The predicted molar refractivity (Wildman–Crippen MR) is 57.8 cm³/mol. The van der Waals surface area contributed by atoms with Crippen LogP contribution in [0.15, 0.2) is 18.2 Å². The highest BCUT2D eigenvalue weighted by Crippen LogP contribution is 2.24. The molecule has 1 aromatic rings. The van der Waals surface area contributed by atoms with Crippen molar-refractivity contribution in [3.8, 4) is 0 Å². The summed E-state index contributed by atoms with van der Waals surface area (Å²) < 4.78 is 26.0. The Morgan fingerprint density at radius 3 is 2.35 bits per heavy atom. The summed E-state index contributed by atoms with van der Waals surface area (Å²) in [5.74, 6) is -2.33.